The summed E-state index contributed by atoms with van der Waals surface area (Å²) in [6.07, 6.45) is 3.54. The van der Waals surface area contributed by atoms with Crippen molar-refractivity contribution < 1.29 is 8.78 Å². The van der Waals surface area contributed by atoms with E-state index in [0.29, 0.717) is 5.92 Å². The molecule has 0 spiro atoms. The van der Waals surface area contributed by atoms with Crippen molar-refractivity contribution in [2.24, 2.45) is 17.8 Å². The molecule has 3 atom stereocenters. The second-order valence-corrected chi connectivity index (χ2v) is 3.96. The Morgan fingerprint density at radius 2 is 2.09 bits per heavy atom. The molecule has 0 saturated heterocycles. The normalized spacial score (nSPS) is 46.6. The van der Waals surface area contributed by atoms with E-state index in [-0.39, 0.29) is 11.8 Å². The lowest BCUT2D eigenvalue weighted by atomic mass is 9.56. The number of fused-ring (bicyclic) bond motifs is 2. The molecule has 0 N–H and O–H groups in total. The molecule has 3 fully saturated rings. The van der Waals surface area contributed by atoms with Crippen LogP contribution in [0.1, 0.15) is 32.6 Å². The smallest absolute Gasteiger partial charge is 0.206 e. The van der Waals surface area contributed by atoms with Crippen molar-refractivity contribution in [1.82, 2.24) is 0 Å². The molecule has 0 aromatic carbocycles. The number of rotatable bonds is 1. The van der Waals surface area contributed by atoms with Crippen LogP contribution in [0.2, 0.25) is 0 Å². The Bertz CT molecular complexity index is 163. The van der Waals surface area contributed by atoms with Crippen LogP contribution in [0.5, 0.6) is 0 Å². The molecule has 3 saturated carbocycles. The fourth-order valence-corrected chi connectivity index (χ4v) is 2.69. The number of halogens is 2. The van der Waals surface area contributed by atoms with Crippen LogP contribution in [-0.4, -0.2) is 5.92 Å². The zero-order valence-electron chi connectivity index (χ0n) is 6.82. The Morgan fingerprint density at radius 3 is 2.45 bits per heavy atom. The summed E-state index contributed by atoms with van der Waals surface area (Å²) in [5, 5.41) is 0. The Labute approximate surface area is 66.0 Å². The van der Waals surface area contributed by atoms with Gasteiger partial charge in [0.2, 0.25) is 0 Å². The number of hydrogen-bond acceptors (Lipinski definition) is 0. The molecule has 3 unspecified atom stereocenters. The third-order valence-corrected chi connectivity index (χ3v) is 3.56. The first-order valence-corrected chi connectivity index (χ1v) is 4.54. The molecule has 2 bridgehead atoms. The molecule has 0 aromatic rings. The van der Waals surface area contributed by atoms with Crippen molar-refractivity contribution in [3.63, 3.8) is 0 Å². The maximum Gasteiger partial charge on any atom is 0.253 e. The van der Waals surface area contributed by atoms with Crippen LogP contribution in [0, 0.1) is 17.8 Å². The first-order chi connectivity index (χ1) is 5.16. The second-order valence-electron chi connectivity index (χ2n) is 3.96. The minimum Gasteiger partial charge on any atom is -0.206 e. The summed E-state index contributed by atoms with van der Waals surface area (Å²) in [5.74, 6) is -2.49. The molecule has 0 nitrogen and oxygen atoms in total. The van der Waals surface area contributed by atoms with Crippen molar-refractivity contribution in [1.29, 1.82) is 0 Å². The van der Waals surface area contributed by atoms with Crippen molar-refractivity contribution in [2.45, 2.75) is 38.5 Å². The van der Waals surface area contributed by atoms with Gasteiger partial charge in [-0.2, -0.15) is 0 Å². The summed E-state index contributed by atoms with van der Waals surface area (Å²) in [6, 6.07) is 0. The van der Waals surface area contributed by atoms with Crippen LogP contribution in [0.3, 0.4) is 0 Å². The van der Waals surface area contributed by atoms with Gasteiger partial charge >= 0.3 is 0 Å². The van der Waals surface area contributed by atoms with Gasteiger partial charge in [-0.3, -0.25) is 0 Å². The predicted octanol–water partition coefficient (Wildman–Crippen LogP) is 3.08. The first kappa shape index (κ1) is 7.51. The Hall–Kier alpha value is -0.140. The second kappa shape index (κ2) is 2.18. The molecule has 3 aliphatic carbocycles. The molecule has 3 aliphatic rings. The Balaban J connectivity index is 2.10. The van der Waals surface area contributed by atoms with Gasteiger partial charge in [-0.05, 0) is 25.2 Å². The highest BCUT2D eigenvalue weighted by Gasteiger charge is 2.61. The molecule has 0 radical (unpaired) electrons. The highest BCUT2D eigenvalue weighted by molar-refractivity contribution is 5.02. The fourth-order valence-electron chi connectivity index (χ4n) is 2.69. The van der Waals surface area contributed by atoms with E-state index in [0.717, 1.165) is 25.7 Å². The molecule has 0 aliphatic heterocycles. The highest BCUT2D eigenvalue weighted by atomic mass is 19.3. The standard InChI is InChI=1S/C9H14F2/c1-2-6-3-4-7-5-8(6)9(7,10)11/h6-8H,2-5H2,1H3. The van der Waals surface area contributed by atoms with Gasteiger partial charge in [0.25, 0.3) is 5.92 Å². The van der Waals surface area contributed by atoms with E-state index >= 15 is 0 Å². The maximum atomic E-state index is 13.1. The highest BCUT2D eigenvalue weighted by Crippen LogP contribution is 2.59. The van der Waals surface area contributed by atoms with E-state index in [1.807, 2.05) is 6.92 Å². The average Bonchev–Trinajstić information content (AvgIpc) is 2.04. The van der Waals surface area contributed by atoms with E-state index in [2.05, 4.69) is 0 Å². The molecule has 2 heteroatoms. The third kappa shape index (κ3) is 0.844. The molecule has 0 heterocycles. The number of hydrogen-bond donors (Lipinski definition) is 0. The minimum atomic E-state index is -2.29. The van der Waals surface area contributed by atoms with Crippen LogP contribution in [-0.2, 0) is 0 Å². The van der Waals surface area contributed by atoms with Gasteiger partial charge in [-0.25, -0.2) is 8.78 Å². The summed E-state index contributed by atoms with van der Waals surface area (Å²) in [4.78, 5) is 0. The van der Waals surface area contributed by atoms with Gasteiger partial charge in [-0.1, -0.05) is 13.3 Å². The summed E-state index contributed by atoms with van der Waals surface area (Å²) < 4.78 is 26.2. The van der Waals surface area contributed by atoms with Gasteiger partial charge in [0.05, 0.1) is 0 Å². The van der Waals surface area contributed by atoms with Crippen molar-refractivity contribution >= 4 is 0 Å². The lowest BCUT2D eigenvalue weighted by Gasteiger charge is -2.53. The summed E-state index contributed by atoms with van der Waals surface area (Å²) in [6.45, 7) is 2.03. The van der Waals surface area contributed by atoms with Gasteiger partial charge in [-0.15, -0.1) is 0 Å². The van der Waals surface area contributed by atoms with E-state index in [4.69, 9.17) is 0 Å². The maximum absolute atomic E-state index is 13.1. The van der Waals surface area contributed by atoms with Gasteiger partial charge < -0.3 is 0 Å². The fraction of sp³-hybridized carbons (Fsp3) is 1.00. The molecule has 0 aromatic heterocycles. The minimum absolute atomic E-state index is 0.254. The zero-order valence-corrected chi connectivity index (χ0v) is 6.82. The van der Waals surface area contributed by atoms with Crippen LogP contribution in [0.15, 0.2) is 0 Å². The van der Waals surface area contributed by atoms with Crippen LogP contribution >= 0.6 is 0 Å². The van der Waals surface area contributed by atoms with Crippen LogP contribution in [0.25, 0.3) is 0 Å². The monoisotopic (exact) mass is 160 g/mol. The SMILES string of the molecule is CCC1CCC2CC1C2(F)F. The largest absolute Gasteiger partial charge is 0.253 e. The van der Waals surface area contributed by atoms with Gasteiger partial charge in [0.15, 0.2) is 0 Å². The summed E-state index contributed by atoms with van der Waals surface area (Å²) in [7, 11) is 0. The number of alkyl halides is 2. The molecular formula is C9H14F2. The average molecular weight is 160 g/mol. The molecular weight excluding hydrogens is 146 g/mol. The first-order valence-electron chi connectivity index (χ1n) is 4.54. The van der Waals surface area contributed by atoms with E-state index in [1.54, 1.807) is 0 Å². The predicted molar refractivity (Wildman–Crippen MR) is 39.6 cm³/mol. The van der Waals surface area contributed by atoms with Crippen LogP contribution < -0.4 is 0 Å². The molecule has 0 amide bonds. The zero-order chi connectivity index (χ0) is 8.06. The third-order valence-electron chi connectivity index (χ3n) is 3.56. The van der Waals surface area contributed by atoms with Gasteiger partial charge in [0, 0.05) is 11.8 Å². The summed E-state index contributed by atoms with van der Waals surface area (Å²) >= 11 is 0. The lowest BCUT2D eigenvalue weighted by molar-refractivity contribution is -0.232. The lowest BCUT2D eigenvalue weighted by Crippen LogP contribution is -2.55. The quantitative estimate of drug-likeness (QED) is 0.553. The van der Waals surface area contributed by atoms with Crippen molar-refractivity contribution in [3.05, 3.63) is 0 Å². The van der Waals surface area contributed by atoms with Crippen molar-refractivity contribution in [3.8, 4) is 0 Å². The van der Waals surface area contributed by atoms with Crippen molar-refractivity contribution in [2.75, 3.05) is 0 Å². The molecule has 11 heavy (non-hydrogen) atoms. The van der Waals surface area contributed by atoms with Crippen LogP contribution in [0.4, 0.5) is 8.78 Å². The molecule has 3 rings (SSSR count). The summed E-state index contributed by atoms with van der Waals surface area (Å²) in [5.41, 5.74) is 0. The Kier molecular flexibility index (Phi) is 1.48. The van der Waals surface area contributed by atoms with E-state index in [9.17, 15) is 8.78 Å². The van der Waals surface area contributed by atoms with E-state index < -0.39 is 5.92 Å². The van der Waals surface area contributed by atoms with E-state index in [1.165, 1.54) is 0 Å². The Morgan fingerprint density at radius 1 is 1.36 bits per heavy atom. The van der Waals surface area contributed by atoms with Gasteiger partial charge in [0.1, 0.15) is 0 Å². The molecule has 64 valence electrons. The topological polar surface area (TPSA) is 0 Å².